The Bertz CT molecular complexity index is 999. The number of primary amides is 1. The zero-order valence-electron chi connectivity index (χ0n) is 21.7. The van der Waals surface area contributed by atoms with E-state index in [1.165, 1.54) is 0 Å². The Morgan fingerprint density at radius 3 is 2.53 bits per heavy atom. The zero-order valence-corrected chi connectivity index (χ0v) is 21.7. The van der Waals surface area contributed by atoms with Gasteiger partial charge in [-0.2, -0.15) is 0 Å². The summed E-state index contributed by atoms with van der Waals surface area (Å²) in [7, 11) is 2.12. The summed E-state index contributed by atoms with van der Waals surface area (Å²) in [4.78, 5) is 46.3. The van der Waals surface area contributed by atoms with Crippen molar-refractivity contribution in [3.63, 3.8) is 0 Å². The van der Waals surface area contributed by atoms with Crippen LogP contribution in [-0.2, 0) is 14.3 Å². The van der Waals surface area contributed by atoms with Gasteiger partial charge in [0.15, 0.2) is 5.78 Å². The van der Waals surface area contributed by atoms with Gasteiger partial charge in [-0.1, -0.05) is 26.2 Å². The maximum Gasteiger partial charge on any atom is 0.249 e. The summed E-state index contributed by atoms with van der Waals surface area (Å²) in [5.74, 6) is -0.705. The van der Waals surface area contributed by atoms with Crippen LogP contribution in [0, 0.1) is 11.8 Å². The second-order valence-corrected chi connectivity index (χ2v) is 11.2. The molecule has 8 heteroatoms. The minimum absolute atomic E-state index is 0.00145. The van der Waals surface area contributed by atoms with Gasteiger partial charge in [-0.05, 0) is 56.0 Å². The van der Waals surface area contributed by atoms with Crippen molar-refractivity contribution < 1.29 is 19.1 Å². The van der Waals surface area contributed by atoms with Crippen molar-refractivity contribution >= 4 is 23.3 Å². The van der Waals surface area contributed by atoms with Gasteiger partial charge in [-0.25, -0.2) is 0 Å². The number of ether oxygens (including phenoxy) is 1. The number of amides is 2. The van der Waals surface area contributed by atoms with E-state index in [1.807, 2.05) is 12.1 Å². The summed E-state index contributed by atoms with van der Waals surface area (Å²) in [5, 5.41) is 0. The molecule has 0 bridgehead atoms. The molecule has 0 unspecified atom stereocenters. The summed E-state index contributed by atoms with van der Waals surface area (Å²) in [6, 6.07) is 5.30. The van der Waals surface area contributed by atoms with Gasteiger partial charge in [0.2, 0.25) is 11.8 Å². The topological polar surface area (TPSA) is 96.2 Å². The zero-order chi connectivity index (χ0) is 25.4. The molecule has 2 amide bonds. The van der Waals surface area contributed by atoms with Gasteiger partial charge >= 0.3 is 0 Å². The molecular weight excluding hydrogens is 456 g/mol. The monoisotopic (exact) mass is 496 g/mol. The molecule has 4 aliphatic rings. The molecule has 2 N–H and O–H groups in total. The van der Waals surface area contributed by atoms with E-state index < -0.39 is 17.9 Å². The Morgan fingerprint density at radius 1 is 1.14 bits per heavy atom. The summed E-state index contributed by atoms with van der Waals surface area (Å²) in [6.07, 6.45) is 5.74. The van der Waals surface area contributed by atoms with Crippen LogP contribution in [0.2, 0.25) is 0 Å². The van der Waals surface area contributed by atoms with E-state index in [1.54, 1.807) is 11.0 Å². The minimum atomic E-state index is -0.505. The molecule has 3 saturated heterocycles. The highest BCUT2D eigenvalue weighted by Crippen LogP contribution is 2.44. The van der Waals surface area contributed by atoms with Gasteiger partial charge in [-0.3, -0.25) is 14.4 Å². The number of likely N-dealkylation sites (N-methyl/N-ethyl adjacent to an activating group) is 1. The normalized spacial score (nSPS) is 28.1. The molecule has 1 aliphatic carbocycles. The first-order valence-corrected chi connectivity index (χ1v) is 13.7. The summed E-state index contributed by atoms with van der Waals surface area (Å²) < 4.78 is 5.89. The number of rotatable bonds is 7. The smallest absolute Gasteiger partial charge is 0.249 e. The molecule has 5 rings (SSSR count). The van der Waals surface area contributed by atoms with Crippen molar-refractivity contribution in [3.05, 3.63) is 29.3 Å². The molecule has 0 radical (unpaired) electrons. The fourth-order valence-electron chi connectivity index (χ4n) is 6.96. The molecule has 196 valence electrons. The van der Waals surface area contributed by atoms with Gasteiger partial charge in [0.1, 0.15) is 12.6 Å². The number of piperazine rings is 1. The number of likely N-dealkylation sites (tertiary alicyclic amines) is 1. The molecule has 1 aromatic carbocycles. The number of Topliss-reactive ketones (excluding diaryl/α,β-unsaturated/α-hetero) is 1. The summed E-state index contributed by atoms with van der Waals surface area (Å²) >= 11 is 0. The number of fused-ring (bicyclic) bond motifs is 1. The highest BCUT2D eigenvalue weighted by molar-refractivity contribution is 5.99. The fourth-order valence-corrected chi connectivity index (χ4v) is 6.96. The highest BCUT2D eigenvalue weighted by atomic mass is 16.5. The number of carbonyl (C=O) groups is 3. The number of nitrogens with zero attached hydrogens (tertiary/aromatic N) is 3. The standard InChI is InChI=1S/C28H40N4O4/c1-3-6-19-16-32(25-23(33)17-36-26(19)25)28(35)24(18-7-4-5-8-18)22-15-20(9-10-21(22)27(29)34)31-13-11-30(2)12-14-31/h9-10,15,18-19,24-26H,3-8,11-14,16-17H2,1-2H3,(H2,29,34)/t19-,24+,25-,26-/m1/s1. The molecule has 1 saturated carbocycles. The first kappa shape index (κ1) is 25.2. The Hall–Kier alpha value is -2.45. The lowest BCUT2D eigenvalue weighted by Crippen LogP contribution is -2.46. The van der Waals surface area contributed by atoms with Crippen LogP contribution in [0.4, 0.5) is 5.69 Å². The lowest BCUT2D eigenvalue weighted by atomic mass is 9.80. The Morgan fingerprint density at radius 2 is 1.86 bits per heavy atom. The Labute approximate surface area is 214 Å². The maximum atomic E-state index is 14.4. The van der Waals surface area contributed by atoms with Crippen molar-refractivity contribution in [2.45, 2.75) is 63.5 Å². The van der Waals surface area contributed by atoms with E-state index >= 15 is 0 Å². The first-order chi connectivity index (χ1) is 17.4. The lowest BCUT2D eigenvalue weighted by molar-refractivity contribution is -0.138. The average Bonchev–Trinajstić information content (AvgIpc) is 3.60. The maximum absolute atomic E-state index is 14.4. The number of benzene rings is 1. The number of nitrogens with two attached hydrogens (primary N) is 1. The van der Waals surface area contributed by atoms with Crippen molar-refractivity contribution in [1.29, 1.82) is 0 Å². The van der Waals surface area contributed by atoms with E-state index in [9.17, 15) is 14.4 Å². The largest absolute Gasteiger partial charge is 0.369 e. The van der Waals surface area contributed by atoms with Crippen molar-refractivity contribution in [2.75, 3.05) is 51.3 Å². The number of ketones is 1. The molecule has 3 heterocycles. The predicted molar refractivity (Wildman–Crippen MR) is 138 cm³/mol. The second-order valence-electron chi connectivity index (χ2n) is 11.2. The highest BCUT2D eigenvalue weighted by Gasteiger charge is 2.53. The quantitative estimate of drug-likeness (QED) is 0.623. The van der Waals surface area contributed by atoms with Gasteiger partial charge in [-0.15, -0.1) is 0 Å². The van der Waals surface area contributed by atoms with Crippen molar-refractivity contribution in [1.82, 2.24) is 9.80 Å². The lowest BCUT2D eigenvalue weighted by Gasteiger charge is -2.35. The van der Waals surface area contributed by atoms with E-state index in [0.717, 1.165) is 76.0 Å². The average molecular weight is 497 g/mol. The number of anilines is 1. The van der Waals surface area contributed by atoms with Gasteiger partial charge in [0.25, 0.3) is 0 Å². The summed E-state index contributed by atoms with van der Waals surface area (Å²) in [5.41, 5.74) is 8.05. The van der Waals surface area contributed by atoms with Crippen LogP contribution < -0.4 is 10.6 Å². The number of carbonyl (C=O) groups excluding carboxylic acids is 3. The number of hydrogen-bond donors (Lipinski definition) is 1. The third-order valence-corrected chi connectivity index (χ3v) is 8.87. The molecule has 4 fully saturated rings. The third kappa shape index (κ3) is 4.65. The second kappa shape index (κ2) is 10.5. The van der Waals surface area contributed by atoms with E-state index in [0.29, 0.717) is 12.1 Å². The molecule has 1 aromatic rings. The van der Waals surface area contributed by atoms with Crippen LogP contribution in [0.1, 0.15) is 67.3 Å². The third-order valence-electron chi connectivity index (χ3n) is 8.87. The van der Waals surface area contributed by atoms with E-state index in [-0.39, 0.29) is 36.2 Å². The molecule has 36 heavy (non-hydrogen) atoms. The van der Waals surface area contributed by atoms with Gasteiger partial charge in [0, 0.05) is 49.9 Å². The van der Waals surface area contributed by atoms with Crippen LogP contribution in [0.5, 0.6) is 0 Å². The van der Waals surface area contributed by atoms with Gasteiger partial charge < -0.3 is 25.2 Å². The molecule has 3 aliphatic heterocycles. The number of hydrogen-bond acceptors (Lipinski definition) is 6. The van der Waals surface area contributed by atoms with Crippen molar-refractivity contribution in [3.8, 4) is 0 Å². The first-order valence-electron chi connectivity index (χ1n) is 13.7. The molecule has 8 nitrogen and oxygen atoms in total. The van der Waals surface area contributed by atoms with Crippen LogP contribution in [0.3, 0.4) is 0 Å². The van der Waals surface area contributed by atoms with Crippen LogP contribution >= 0.6 is 0 Å². The minimum Gasteiger partial charge on any atom is -0.369 e. The predicted octanol–water partition coefficient (Wildman–Crippen LogP) is 2.41. The fraction of sp³-hybridized carbons (Fsp3) is 0.679. The molecule has 0 aromatic heterocycles. The van der Waals surface area contributed by atoms with Crippen molar-refractivity contribution in [2.24, 2.45) is 17.6 Å². The van der Waals surface area contributed by atoms with E-state index in [2.05, 4.69) is 23.8 Å². The molecule has 0 spiro atoms. The van der Waals surface area contributed by atoms with E-state index in [4.69, 9.17) is 10.5 Å². The Balaban J connectivity index is 1.53. The Kier molecular flexibility index (Phi) is 7.35. The SMILES string of the molecule is CCC[C@@H]1CN(C(=O)[C@H](c2cc(N3CCN(C)CC3)ccc2C(N)=O)C2CCCC2)[C@@H]2C(=O)CO[C@H]12. The molecule has 4 atom stereocenters. The van der Waals surface area contributed by atoms with Crippen LogP contribution in [0.25, 0.3) is 0 Å². The summed E-state index contributed by atoms with van der Waals surface area (Å²) in [6.45, 7) is 6.48. The van der Waals surface area contributed by atoms with Gasteiger partial charge in [0.05, 0.1) is 12.0 Å². The molecular formula is C28H40N4O4. The van der Waals surface area contributed by atoms with Crippen LogP contribution in [0.15, 0.2) is 18.2 Å². The van der Waals surface area contributed by atoms with Crippen LogP contribution in [-0.4, -0.2) is 85.9 Å².